The molecular formula is C26H32BNO6. The summed E-state index contributed by atoms with van der Waals surface area (Å²) in [6.07, 6.45) is -0.974. The number of hydrogen-bond donors (Lipinski definition) is 0. The van der Waals surface area contributed by atoms with Crippen LogP contribution in [0.25, 0.3) is 0 Å². The highest BCUT2D eigenvalue weighted by Gasteiger charge is 2.61. The average molecular weight is 465 g/mol. The lowest BCUT2D eigenvalue weighted by Gasteiger charge is -2.32. The van der Waals surface area contributed by atoms with Gasteiger partial charge in [0.05, 0.1) is 28.8 Å². The molecule has 0 N–H and O–H groups in total. The lowest BCUT2D eigenvalue weighted by atomic mass is 9.65. The molecule has 7 nitrogen and oxygen atoms in total. The van der Waals surface area contributed by atoms with Gasteiger partial charge < -0.3 is 18.8 Å². The third kappa shape index (κ3) is 4.44. The van der Waals surface area contributed by atoms with E-state index in [1.807, 2.05) is 76.2 Å². The standard InChI is InChI=1S/C26H32BNO6/c1-17(2)32-23(29)22-21(27-33-25(3,4)26(5,6)34-27)19-14-10-11-15-20(19)28(22)24(30)31-16-18-12-8-7-9-13-18/h7-15,17,21-22H,16H2,1-6H3/t21-,22+/m0/s1. The van der Waals surface area contributed by atoms with Gasteiger partial charge in [0.2, 0.25) is 0 Å². The molecule has 0 unspecified atom stereocenters. The van der Waals surface area contributed by atoms with Gasteiger partial charge in [-0.1, -0.05) is 48.5 Å². The Balaban J connectivity index is 1.71. The fourth-order valence-corrected chi connectivity index (χ4v) is 4.35. The molecule has 4 rings (SSSR count). The summed E-state index contributed by atoms with van der Waals surface area (Å²) in [6.45, 7) is 11.5. The molecule has 1 amide bonds. The molecule has 0 spiro atoms. The van der Waals surface area contributed by atoms with Gasteiger partial charge in [0.25, 0.3) is 0 Å². The largest absolute Gasteiger partial charge is 0.468 e. The maximum absolute atomic E-state index is 13.4. The molecule has 2 aromatic rings. The van der Waals surface area contributed by atoms with Gasteiger partial charge in [-0.15, -0.1) is 0 Å². The van der Waals surface area contributed by atoms with E-state index in [2.05, 4.69) is 0 Å². The van der Waals surface area contributed by atoms with Crippen molar-refractivity contribution < 1.29 is 28.4 Å². The second-order valence-corrected chi connectivity index (χ2v) is 10.0. The van der Waals surface area contributed by atoms with Crippen LogP contribution in [0.2, 0.25) is 0 Å². The molecule has 2 heterocycles. The van der Waals surface area contributed by atoms with Crippen LogP contribution in [-0.4, -0.2) is 42.5 Å². The Bertz CT molecular complexity index is 1040. The Hall–Kier alpha value is -2.84. The van der Waals surface area contributed by atoms with Crippen LogP contribution < -0.4 is 4.90 Å². The van der Waals surface area contributed by atoms with E-state index >= 15 is 0 Å². The Morgan fingerprint density at radius 1 is 0.971 bits per heavy atom. The zero-order valence-corrected chi connectivity index (χ0v) is 20.6. The van der Waals surface area contributed by atoms with Crippen molar-refractivity contribution in [1.29, 1.82) is 0 Å². The predicted octanol–water partition coefficient (Wildman–Crippen LogP) is 4.88. The highest BCUT2D eigenvalue weighted by Crippen LogP contribution is 2.49. The van der Waals surface area contributed by atoms with Gasteiger partial charge in [-0.05, 0) is 58.7 Å². The SMILES string of the molecule is CC(C)OC(=O)[C@H]1[C@@H](B2OC(C)(C)C(C)(C)O2)c2ccccc2N1C(=O)OCc1ccccc1. The summed E-state index contributed by atoms with van der Waals surface area (Å²) in [4.78, 5) is 28.2. The number of nitrogens with zero attached hydrogens (tertiary/aromatic N) is 1. The predicted molar refractivity (Wildman–Crippen MR) is 129 cm³/mol. The topological polar surface area (TPSA) is 74.3 Å². The zero-order valence-electron chi connectivity index (χ0n) is 20.6. The quantitative estimate of drug-likeness (QED) is 0.463. The zero-order chi connectivity index (χ0) is 24.7. The number of anilines is 1. The average Bonchev–Trinajstić information content (AvgIpc) is 3.22. The van der Waals surface area contributed by atoms with E-state index in [0.29, 0.717) is 5.69 Å². The molecule has 0 bridgehead atoms. The highest BCUT2D eigenvalue weighted by atomic mass is 16.7. The normalized spacial score (nSPS) is 22.6. The molecule has 0 aromatic heterocycles. The fourth-order valence-electron chi connectivity index (χ4n) is 4.35. The summed E-state index contributed by atoms with van der Waals surface area (Å²) in [7, 11) is -0.747. The maximum atomic E-state index is 13.4. The van der Waals surface area contributed by atoms with E-state index in [4.69, 9.17) is 18.8 Å². The number of hydrogen-bond acceptors (Lipinski definition) is 6. The van der Waals surface area contributed by atoms with E-state index < -0.39 is 42.2 Å². The third-order valence-corrected chi connectivity index (χ3v) is 6.73. The van der Waals surface area contributed by atoms with Crippen LogP contribution in [0, 0.1) is 0 Å². The maximum Gasteiger partial charge on any atom is 0.468 e. The number of carbonyl (C=O) groups excluding carboxylic acids is 2. The molecule has 2 aliphatic rings. The number of esters is 1. The second kappa shape index (κ2) is 9.08. The van der Waals surface area contributed by atoms with Crippen molar-refractivity contribution in [3.05, 3.63) is 65.7 Å². The minimum absolute atomic E-state index is 0.0887. The minimum atomic E-state index is -0.988. The number of para-hydroxylation sites is 1. The van der Waals surface area contributed by atoms with Gasteiger partial charge >= 0.3 is 19.2 Å². The lowest BCUT2D eigenvalue weighted by molar-refractivity contribution is -0.149. The third-order valence-electron chi connectivity index (χ3n) is 6.73. The molecule has 180 valence electrons. The molecule has 8 heteroatoms. The van der Waals surface area contributed by atoms with Crippen molar-refractivity contribution in [3.63, 3.8) is 0 Å². The summed E-state index contributed by atoms with van der Waals surface area (Å²) in [5.74, 6) is -1.10. The Morgan fingerprint density at radius 2 is 1.56 bits per heavy atom. The molecule has 2 aliphatic heterocycles. The van der Waals surface area contributed by atoms with Crippen molar-refractivity contribution in [2.75, 3.05) is 4.90 Å². The molecule has 34 heavy (non-hydrogen) atoms. The van der Waals surface area contributed by atoms with Gasteiger partial charge in [-0.25, -0.2) is 9.59 Å². The summed E-state index contributed by atoms with van der Waals surface area (Å²) >= 11 is 0. The van der Waals surface area contributed by atoms with Crippen molar-refractivity contribution in [2.24, 2.45) is 0 Å². The van der Waals surface area contributed by atoms with E-state index in [0.717, 1.165) is 11.1 Å². The number of benzene rings is 2. The Kier molecular flexibility index (Phi) is 6.49. The van der Waals surface area contributed by atoms with E-state index in [-0.39, 0.29) is 12.7 Å². The first-order valence-electron chi connectivity index (χ1n) is 11.7. The lowest BCUT2D eigenvalue weighted by Crippen LogP contribution is -2.50. The molecule has 2 atom stereocenters. The smallest absolute Gasteiger partial charge is 0.461 e. The molecule has 1 saturated heterocycles. The van der Waals surface area contributed by atoms with Crippen LogP contribution >= 0.6 is 0 Å². The minimum Gasteiger partial charge on any atom is -0.461 e. The first-order chi connectivity index (χ1) is 16.0. The molecule has 2 aromatic carbocycles. The van der Waals surface area contributed by atoms with Crippen LogP contribution in [0.5, 0.6) is 0 Å². The van der Waals surface area contributed by atoms with Crippen molar-refractivity contribution >= 4 is 24.9 Å². The van der Waals surface area contributed by atoms with Crippen LogP contribution in [0.4, 0.5) is 10.5 Å². The van der Waals surface area contributed by atoms with Crippen molar-refractivity contribution in [3.8, 4) is 0 Å². The van der Waals surface area contributed by atoms with Gasteiger partial charge in [0.1, 0.15) is 12.6 Å². The second-order valence-electron chi connectivity index (χ2n) is 10.0. The fraction of sp³-hybridized carbons (Fsp3) is 0.462. The van der Waals surface area contributed by atoms with Crippen molar-refractivity contribution in [1.82, 2.24) is 0 Å². The van der Waals surface area contributed by atoms with Crippen LogP contribution in [0.1, 0.15) is 58.5 Å². The summed E-state index contributed by atoms with van der Waals surface area (Å²) in [5.41, 5.74) is 1.03. The summed E-state index contributed by atoms with van der Waals surface area (Å²) in [5, 5.41) is 0. The number of ether oxygens (including phenoxy) is 2. The first-order valence-corrected chi connectivity index (χ1v) is 11.7. The van der Waals surface area contributed by atoms with Crippen LogP contribution in [-0.2, 0) is 30.2 Å². The molecule has 0 aliphatic carbocycles. The summed E-state index contributed by atoms with van der Waals surface area (Å²) < 4.78 is 23.9. The molecule has 0 saturated carbocycles. The monoisotopic (exact) mass is 465 g/mol. The first kappa shape index (κ1) is 24.3. The van der Waals surface area contributed by atoms with Gasteiger partial charge in [-0.2, -0.15) is 0 Å². The van der Waals surface area contributed by atoms with Crippen LogP contribution in [0.3, 0.4) is 0 Å². The van der Waals surface area contributed by atoms with Gasteiger partial charge in [0.15, 0.2) is 0 Å². The number of rotatable bonds is 5. The Labute approximate surface area is 201 Å². The molecular weight excluding hydrogens is 433 g/mol. The highest BCUT2D eigenvalue weighted by molar-refractivity contribution is 6.49. The van der Waals surface area contributed by atoms with Gasteiger partial charge in [0, 0.05) is 0 Å². The van der Waals surface area contributed by atoms with E-state index in [9.17, 15) is 9.59 Å². The van der Waals surface area contributed by atoms with E-state index in [1.165, 1.54) is 4.90 Å². The number of amides is 1. The number of carbonyl (C=O) groups is 2. The summed E-state index contributed by atoms with van der Waals surface area (Å²) in [6, 6.07) is 15.8. The van der Waals surface area contributed by atoms with E-state index in [1.54, 1.807) is 19.9 Å². The van der Waals surface area contributed by atoms with Crippen LogP contribution in [0.15, 0.2) is 54.6 Å². The Morgan fingerprint density at radius 3 is 2.18 bits per heavy atom. The molecule has 1 fully saturated rings. The molecule has 0 radical (unpaired) electrons. The van der Waals surface area contributed by atoms with Gasteiger partial charge in [-0.3, -0.25) is 4.90 Å². The van der Waals surface area contributed by atoms with Crippen molar-refractivity contribution in [2.45, 2.75) is 77.3 Å². The number of fused-ring (bicyclic) bond motifs is 1.